The molecule has 0 aliphatic carbocycles. The highest BCUT2D eigenvalue weighted by molar-refractivity contribution is 7.80. The molecule has 2 rings (SSSR count). The Morgan fingerprint density at radius 3 is 2.41 bits per heavy atom. The predicted octanol–water partition coefficient (Wildman–Crippen LogP) is 2.89. The van der Waals surface area contributed by atoms with Gasteiger partial charge in [-0.25, -0.2) is 0 Å². The van der Waals surface area contributed by atoms with E-state index in [-0.39, 0.29) is 5.91 Å². The third-order valence-corrected chi connectivity index (χ3v) is 4.18. The molecule has 2 aromatic carbocycles. The van der Waals surface area contributed by atoms with Crippen molar-refractivity contribution in [2.75, 3.05) is 20.8 Å². The van der Waals surface area contributed by atoms with Crippen LogP contribution in [-0.2, 0) is 11.3 Å². The van der Waals surface area contributed by atoms with Crippen molar-refractivity contribution in [3.8, 4) is 11.5 Å². The molecular weight excluding hydrogens is 362 g/mol. The van der Waals surface area contributed by atoms with Crippen molar-refractivity contribution in [1.82, 2.24) is 15.8 Å². The fourth-order valence-electron chi connectivity index (χ4n) is 2.28. The van der Waals surface area contributed by atoms with Crippen molar-refractivity contribution in [3.63, 3.8) is 0 Å². The van der Waals surface area contributed by atoms with Crippen LogP contribution in [0.1, 0.15) is 18.4 Å². The molecule has 0 saturated carbocycles. The largest absolute Gasteiger partial charge is 0.497 e. The Hall–Kier alpha value is -2.80. The second-order valence-electron chi connectivity index (χ2n) is 5.87. The second kappa shape index (κ2) is 11.0. The third-order valence-electron chi connectivity index (χ3n) is 3.76. The van der Waals surface area contributed by atoms with Crippen LogP contribution in [-0.4, -0.2) is 36.8 Å². The molecule has 27 heavy (non-hydrogen) atoms. The minimum Gasteiger partial charge on any atom is -0.497 e. The van der Waals surface area contributed by atoms with Gasteiger partial charge >= 0.3 is 0 Å². The van der Waals surface area contributed by atoms with Crippen molar-refractivity contribution < 1.29 is 14.3 Å². The molecular formula is C20H25N3O3S. The Morgan fingerprint density at radius 2 is 1.74 bits per heavy atom. The summed E-state index contributed by atoms with van der Waals surface area (Å²) < 4.78 is 10.7. The molecule has 2 aromatic rings. The van der Waals surface area contributed by atoms with E-state index < -0.39 is 0 Å². The van der Waals surface area contributed by atoms with Gasteiger partial charge in [0, 0.05) is 20.0 Å². The summed E-state index contributed by atoms with van der Waals surface area (Å²) in [4.78, 5) is 12.0. The molecule has 0 aliphatic rings. The van der Waals surface area contributed by atoms with Gasteiger partial charge in [-0.15, -0.1) is 0 Å². The number of nitrogens with zero attached hydrogens (tertiary/aromatic N) is 1. The van der Waals surface area contributed by atoms with Crippen LogP contribution in [0.2, 0.25) is 0 Å². The van der Waals surface area contributed by atoms with Crippen LogP contribution in [0.15, 0.2) is 54.6 Å². The minimum atomic E-state index is -0.111. The van der Waals surface area contributed by atoms with Crippen molar-refractivity contribution in [3.05, 3.63) is 60.2 Å². The molecule has 0 saturated heterocycles. The number of thiocarbonyl (C=S) groups is 1. The first-order chi connectivity index (χ1) is 13.1. The second-order valence-corrected chi connectivity index (χ2v) is 6.25. The van der Waals surface area contributed by atoms with Crippen LogP contribution in [0.5, 0.6) is 11.5 Å². The summed E-state index contributed by atoms with van der Waals surface area (Å²) in [5, 5.41) is 5.09. The first kappa shape index (κ1) is 20.5. The molecule has 7 heteroatoms. The summed E-state index contributed by atoms with van der Waals surface area (Å²) >= 11 is 5.28. The molecule has 0 atom stereocenters. The number of ether oxygens (including phenoxy) is 2. The maximum atomic E-state index is 12.0. The number of benzene rings is 2. The van der Waals surface area contributed by atoms with Crippen LogP contribution in [0.3, 0.4) is 0 Å². The first-order valence-electron chi connectivity index (χ1n) is 8.70. The fourth-order valence-corrected chi connectivity index (χ4v) is 2.40. The normalized spacial score (nSPS) is 10.0. The van der Waals surface area contributed by atoms with E-state index in [4.69, 9.17) is 21.7 Å². The van der Waals surface area contributed by atoms with Crippen molar-refractivity contribution in [2.24, 2.45) is 0 Å². The molecule has 2 N–H and O–H groups in total. The molecule has 0 aromatic heterocycles. The van der Waals surface area contributed by atoms with Crippen LogP contribution in [0.25, 0.3) is 0 Å². The zero-order chi connectivity index (χ0) is 19.5. The van der Waals surface area contributed by atoms with Gasteiger partial charge < -0.3 is 14.8 Å². The molecule has 0 bridgehead atoms. The summed E-state index contributed by atoms with van der Waals surface area (Å²) in [5.74, 6) is 1.42. The summed E-state index contributed by atoms with van der Waals surface area (Å²) in [5.41, 5.74) is 3.87. The molecule has 0 fully saturated rings. The zero-order valence-electron chi connectivity index (χ0n) is 15.6. The molecule has 0 heterocycles. The number of rotatable bonds is 8. The maximum absolute atomic E-state index is 12.0. The Bertz CT molecular complexity index is 723. The van der Waals surface area contributed by atoms with Gasteiger partial charge in [-0.3, -0.25) is 15.2 Å². The van der Waals surface area contributed by atoms with E-state index in [2.05, 4.69) is 10.7 Å². The molecule has 0 aliphatic heterocycles. The Balaban J connectivity index is 1.61. The van der Waals surface area contributed by atoms with Crippen molar-refractivity contribution in [1.29, 1.82) is 0 Å². The monoisotopic (exact) mass is 387 g/mol. The molecule has 0 spiro atoms. The van der Waals surface area contributed by atoms with Gasteiger partial charge in [-0.1, -0.05) is 30.3 Å². The van der Waals surface area contributed by atoms with Gasteiger partial charge in [0.05, 0.1) is 13.7 Å². The van der Waals surface area contributed by atoms with Crippen LogP contribution >= 0.6 is 12.2 Å². The summed E-state index contributed by atoms with van der Waals surface area (Å²) in [6, 6.07) is 17.3. The number of nitrogens with one attached hydrogen (secondary N) is 2. The van der Waals surface area contributed by atoms with E-state index in [1.165, 1.54) is 5.01 Å². The summed E-state index contributed by atoms with van der Waals surface area (Å²) in [7, 11) is 3.33. The summed E-state index contributed by atoms with van der Waals surface area (Å²) in [6.07, 6.45) is 0.956. The topological polar surface area (TPSA) is 62.8 Å². The smallest absolute Gasteiger partial charge is 0.238 e. The van der Waals surface area contributed by atoms with Gasteiger partial charge in [0.2, 0.25) is 5.91 Å². The molecule has 6 nitrogen and oxygen atoms in total. The average molecular weight is 388 g/mol. The van der Waals surface area contributed by atoms with Gasteiger partial charge in [0.15, 0.2) is 5.11 Å². The standard InChI is InChI=1S/C20H25N3O3S/c1-23(20(27)21-15-16-7-4-3-5-8-16)22-19(24)9-6-14-26-18-12-10-17(25-2)11-13-18/h3-5,7-8,10-13H,6,9,14-15H2,1-2H3,(H,21,27)(H,22,24). The van der Waals surface area contributed by atoms with E-state index >= 15 is 0 Å². The number of amides is 1. The summed E-state index contributed by atoms with van der Waals surface area (Å²) in [6.45, 7) is 1.07. The molecule has 144 valence electrons. The number of hydrogen-bond donors (Lipinski definition) is 2. The lowest BCUT2D eigenvalue weighted by Gasteiger charge is -2.21. The molecule has 0 radical (unpaired) electrons. The van der Waals surface area contributed by atoms with Crippen LogP contribution < -0.4 is 20.2 Å². The number of hydrogen-bond acceptors (Lipinski definition) is 4. The van der Waals surface area contributed by atoms with Gasteiger partial charge in [-0.2, -0.15) is 0 Å². The number of hydrazine groups is 1. The Labute approximate surface area is 165 Å². The van der Waals surface area contributed by atoms with Gasteiger partial charge in [-0.05, 0) is 48.5 Å². The minimum absolute atomic E-state index is 0.111. The van der Waals surface area contributed by atoms with Crippen LogP contribution in [0, 0.1) is 0 Å². The highest BCUT2D eigenvalue weighted by Gasteiger charge is 2.08. The third kappa shape index (κ3) is 7.53. The zero-order valence-corrected chi connectivity index (χ0v) is 16.4. The van der Waals surface area contributed by atoms with Crippen molar-refractivity contribution in [2.45, 2.75) is 19.4 Å². The lowest BCUT2D eigenvalue weighted by Crippen LogP contribution is -2.47. The first-order valence-corrected chi connectivity index (χ1v) is 9.11. The quantitative estimate of drug-likeness (QED) is 0.413. The average Bonchev–Trinajstić information content (AvgIpc) is 2.70. The van der Waals surface area contributed by atoms with Gasteiger partial charge in [0.1, 0.15) is 11.5 Å². The lowest BCUT2D eigenvalue weighted by molar-refractivity contribution is -0.124. The van der Waals surface area contributed by atoms with E-state index in [0.29, 0.717) is 31.1 Å². The molecule has 1 amide bonds. The van der Waals surface area contributed by atoms with E-state index in [9.17, 15) is 4.79 Å². The maximum Gasteiger partial charge on any atom is 0.238 e. The van der Waals surface area contributed by atoms with E-state index in [1.807, 2.05) is 54.6 Å². The van der Waals surface area contributed by atoms with E-state index in [1.54, 1.807) is 14.2 Å². The SMILES string of the molecule is COc1ccc(OCCCC(=O)NN(C)C(=S)NCc2ccccc2)cc1. The van der Waals surface area contributed by atoms with E-state index in [0.717, 1.165) is 17.1 Å². The highest BCUT2D eigenvalue weighted by Crippen LogP contribution is 2.17. The Morgan fingerprint density at radius 1 is 1.07 bits per heavy atom. The predicted molar refractivity (Wildman–Crippen MR) is 110 cm³/mol. The molecule has 0 unspecified atom stereocenters. The highest BCUT2D eigenvalue weighted by atomic mass is 32.1. The number of methoxy groups -OCH3 is 1. The lowest BCUT2D eigenvalue weighted by atomic mass is 10.2. The van der Waals surface area contributed by atoms with Crippen molar-refractivity contribution >= 4 is 23.2 Å². The number of carbonyl (C=O) groups excluding carboxylic acids is 1. The van der Waals surface area contributed by atoms with Gasteiger partial charge in [0.25, 0.3) is 0 Å². The number of carbonyl (C=O) groups is 1. The van der Waals surface area contributed by atoms with Crippen LogP contribution in [0.4, 0.5) is 0 Å². The fraction of sp³-hybridized carbons (Fsp3) is 0.300. The Kier molecular flexibility index (Phi) is 8.38.